The Labute approximate surface area is 155 Å². The summed E-state index contributed by atoms with van der Waals surface area (Å²) in [6, 6.07) is 9.17. The van der Waals surface area contributed by atoms with Crippen LogP contribution in [0, 0.1) is 17.5 Å². The van der Waals surface area contributed by atoms with Crippen molar-refractivity contribution < 1.29 is 31.9 Å². The molecule has 2 aromatic carbocycles. The van der Waals surface area contributed by atoms with E-state index in [2.05, 4.69) is 0 Å². The zero-order valence-electron chi connectivity index (χ0n) is 14.3. The first-order chi connectivity index (χ1) is 13.3. The molecule has 144 valence electrons. The van der Waals surface area contributed by atoms with E-state index in [9.17, 15) is 27.6 Å². The largest absolute Gasteiger partial charge is 0.449 e. The monoisotopic (exact) mass is 391 g/mol. The van der Waals surface area contributed by atoms with Gasteiger partial charge >= 0.3 is 11.6 Å². The lowest BCUT2D eigenvalue weighted by Crippen LogP contribution is -2.31. The number of benzene rings is 2. The van der Waals surface area contributed by atoms with Crippen LogP contribution in [0.1, 0.15) is 17.3 Å². The van der Waals surface area contributed by atoms with Crippen molar-refractivity contribution >= 4 is 28.5 Å². The quantitative estimate of drug-likeness (QED) is 0.419. The molecule has 0 aliphatic carbocycles. The average molecular weight is 391 g/mol. The summed E-state index contributed by atoms with van der Waals surface area (Å²) in [5, 5.41) is 2.45. The third kappa shape index (κ3) is 3.73. The van der Waals surface area contributed by atoms with Crippen molar-refractivity contribution in [2.45, 2.75) is 13.0 Å². The minimum absolute atomic E-state index is 0.267. The van der Waals surface area contributed by atoms with Gasteiger partial charge in [0.2, 0.25) is 0 Å². The number of para-hydroxylation sites is 1. The Hall–Kier alpha value is -3.62. The van der Waals surface area contributed by atoms with E-state index < -0.39 is 52.3 Å². The number of anilines is 1. The second-order valence-corrected chi connectivity index (χ2v) is 5.75. The van der Waals surface area contributed by atoms with Crippen LogP contribution in [0.25, 0.3) is 11.0 Å². The van der Waals surface area contributed by atoms with Crippen LogP contribution in [0.5, 0.6) is 0 Å². The van der Waals surface area contributed by atoms with E-state index in [0.29, 0.717) is 11.5 Å². The number of hydrogen-bond donors (Lipinski definition) is 1. The summed E-state index contributed by atoms with van der Waals surface area (Å²) >= 11 is 0. The molecular weight excluding hydrogens is 379 g/mol. The summed E-state index contributed by atoms with van der Waals surface area (Å²) in [7, 11) is 0. The number of esters is 1. The molecule has 1 atom stereocenters. The second kappa shape index (κ2) is 7.55. The Bertz CT molecular complexity index is 1140. The van der Waals surface area contributed by atoms with Crippen LogP contribution in [0.4, 0.5) is 18.9 Å². The van der Waals surface area contributed by atoms with Crippen molar-refractivity contribution in [2.75, 3.05) is 5.32 Å². The van der Waals surface area contributed by atoms with E-state index in [1.807, 2.05) is 5.32 Å². The molecular formula is C19H12F3NO5. The lowest BCUT2D eigenvalue weighted by Gasteiger charge is -2.14. The van der Waals surface area contributed by atoms with E-state index in [1.165, 1.54) is 12.1 Å². The molecule has 0 saturated carbocycles. The predicted molar refractivity (Wildman–Crippen MR) is 92.3 cm³/mol. The molecule has 1 N–H and O–H groups in total. The summed E-state index contributed by atoms with van der Waals surface area (Å²) in [6.45, 7) is 1.16. The van der Waals surface area contributed by atoms with Gasteiger partial charge in [-0.05, 0) is 31.2 Å². The number of amides is 1. The van der Waals surface area contributed by atoms with Gasteiger partial charge in [0.15, 0.2) is 23.6 Å². The predicted octanol–water partition coefficient (Wildman–Crippen LogP) is 3.39. The lowest BCUT2D eigenvalue weighted by molar-refractivity contribution is -0.123. The number of nitrogens with one attached hydrogen (secondary N) is 1. The molecule has 0 spiro atoms. The number of carbonyl (C=O) groups excluding carboxylic acids is 2. The molecule has 0 unspecified atom stereocenters. The maximum Gasteiger partial charge on any atom is 0.351 e. The van der Waals surface area contributed by atoms with Gasteiger partial charge in [-0.25, -0.2) is 22.8 Å². The molecule has 1 amide bonds. The molecule has 0 bridgehead atoms. The highest BCUT2D eigenvalue weighted by Crippen LogP contribution is 2.20. The smallest absolute Gasteiger partial charge is 0.351 e. The van der Waals surface area contributed by atoms with Gasteiger partial charge in [-0.3, -0.25) is 4.79 Å². The standard InChI is InChI=1S/C19H12F3NO5/c1-9(17(24)23-13-7-6-12(20)15(21)16(13)22)27-18(25)11-8-10-4-2-3-5-14(10)28-19(11)26/h2-9H,1H3,(H,23,24)/t9-/m0/s1. The van der Waals surface area contributed by atoms with E-state index in [1.54, 1.807) is 18.2 Å². The Kier molecular flexibility index (Phi) is 5.16. The van der Waals surface area contributed by atoms with Gasteiger partial charge in [0.25, 0.3) is 5.91 Å². The molecule has 3 aromatic rings. The summed E-state index contributed by atoms with van der Waals surface area (Å²) in [5.74, 6) is -6.91. The first-order valence-electron chi connectivity index (χ1n) is 7.96. The first-order valence-corrected chi connectivity index (χ1v) is 7.96. The van der Waals surface area contributed by atoms with Crippen LogP contribution in [0.15, 0.2) is 51.7 Å². The van der Waals surface area contributed by atoms with Crippen LogP contribution in [0.2, 0.25) is 0 Å². The molecule has 1 heterocycles. The number of hydrogen-bond acceptors (Lipinski definition) is 5. The van der Waals surface area contributed by atoms with Gasteiger partial charge in [-0.15, -0.1) is 0 Å². The fourth-order valence-electron chi connectivity index (χ4n) is 2.34. The third-order valence-electron chi connectivity index (χ3n) is 3.81. The second-order valence-electron chi connectivity index (χ2n) is 5.75. The zero-order valence-corrected chi connectivity index (χ0v) is 14.3. The van der Waals surface area contributed by atoms with Crippen molar-refractivity contribution in [3.63, 3.8) is 0 Å². The van der Waals surface area contributed by atoms with Crippen molar-refractivity contribution in [1.82, 2.24) is 0 Å². The van der Waals surface area contributed by atoms with Crippen molar-refractivity contribution in [2.24, 2.45) is 0 Å². The fourth-order valence-corrected chi connectivity index (χ4v) is 2.34. The van der Waals surface area contributed by atoms with E-state index in [4.69, 9.17) is 9.15 Å². The minimum atomic E-state index is -1.75. The number of carbonyl (C=O) groups is 2. The summed E-state index contributed by atoms with van der Waals surface area (Å²) in [5.41, 5.74) is -1.75. The molecule has 0 fully saturated rings. The van der Waals surface area contributed by atoms with Crippen LogP contribution in [-0.4, -0.2) is 18.0 Å². The molecule has 0 aliphatic heterocycles. The van der Waals surface area contributed by atoms with Crippen LogP contribution in [0.3, 0.4) is 0 Å². The van der Waals surface area contributed by atoms with Crippen molar-refractivity contribution in [1.29, 1.82) is 0 Å². The molecule has 3 rings (SSSR count). The summed E-state index contributed by atoms with van der Waals surface area (Å²) < 4.78 is 49.7. The Morgan fingerprint density at radius 3 is 2.54 bits per heavy atom. The van der Waals surface area contributed by atoms with E-state index >= 15 is 0 Å². The Balaban J connectivity index is 1.75. The van der Waals surface area contributed by atoms with Crippen molar-refractivity contribution in [3.8, 4) is 0 Å². The van der Waals surface area contributed by atoms with Crippen LogP contribution in [-0.2, 0) is 9.53 Å². The summed E-state index contributed by atoms with van der Waals surface area (Å²) in [6.07, 6.45) is -1.47. The van der Waals surface area contributed by atoms with Gasteiger partial charge in [-0.1, -0.05) is 18.2 Å². The van der Waals surface area contributed by atoms with E-state index in [-0.39, 0.29) is 5.58 Å². The molecule has 9 heteroatoms. The molecule has 6 nitrogen and oxygen atoms in total. The lowest BCUT2D eigenvalue weighted by atomic mass is 10.2. The Morgan fingerprint density at radius 2 is 1.79 bits per heavy atom. The van der Waals surface area contributed by atoms with E-state index in [0.717, 1.165) is 13.0 Å². The SMILES string of the molecule is C[C@H](OC(=O)c1cc2ccccc2oc1=O)C(=O)Nc1ccc(F)c(F)c1F. The van der Waals surface area contributed by atoms with Gasteiger partial charge < -0.3 is 14.5 Å². The van der Waals surface area contributed by atoms with Crippen LogP contribution < -0.4 is 10.9 Å². The molecule has 28 heavy (non-hydrogen) atoms. The highest BCUT2D eigenvalue weighted by Gasteiger charge is 2.24. The number of rotatable bonds is 4. The number of halogens is 3. The normalized spacial score (nSPS) is 11.9. The number of fused-ring (bicyclic) bond motifs is 1. The molecule has 0 aliphatic rings. The topological polar surface area (TPSA) is 85.6 Å². The van der Waals surface area contributed by atoms with Gasteiger partial charge in [0.05, 0.1) is 5.69 Å². The average Bonchev–Trinajstić information content (AvgIpc) is 2.67. The first kappa shape index (κ1) is 19.2. The maximum absolute atomic E-state index is 13.6. The molecule has 0 saturated heterocycles. The minimum Gasteiger partial charge on any atom is -0.449 e. The third-order valence-corrected chi connectivity index (χ3v) is 3.81. The fraction of sp³-hybridized carbons (Fsp3) is 0.105. The van der Waals surface area contributed by atoms with Gasteiger partial charge in [0, 0.05) is 5.39 Å². The van der Waals surface area contributed by atoms with Gasteiger partial charge in [0.1, 0.15) is 11.1 Å². The molecule has 0 radical (unpaired) electrons. The van der Waals surface area contributed by atoms with Crippen LogP contribution >= 0.6 is 0 Å². The highest BCUT2D eigenvalue weighted by atomic mass is 19.2. The highest BCUT2D eigenvalue weighted by molar-refractivity contribution is 5.98. The zero-order chi connectivity index (χ0) is 20.4. The van der Waals surface area contributed by atoms with Gasteiger partial charge in [-0.2, -0.15) is 0 Å². The summed E-state index contributed by atoms with van der Waals surface area (Å²) in [4.78, 5) is 36.2. The Morgan fingerprint density at radius 1 is 1.07 bits per heavy atom. The van der Waals surface area contributed by atoms with Crippen molar-refractivity contribution in [3.05, 3.63) is 75.9 Å². The molecule has 1 aromatic heterocycles. The number of ether oxygens (including phenoxy) is 1. The maximum atomic E-state index is 13.6.